The number of carbonyl (C=O) groups is 3. The van der Waals surface area contributed by atoms with Crippen LogP contribution in [-0.4, -0.2) is 94.6 Å². The van der Waals surface area contributed by atoms with Crippen molar-refractivity contribution >= 4 is 18.1 Å². The van der Waals surface area contributed by atoms with Crippen LogP contribution in [0, 0.1) is 0 Å². The molecule has 0 saturated carbocycles. The lowest BCUT2D eigenvalue weighted by Crippen LogP contribution is -2.48. The van der Waals surface area contributed by atoms with Gasteiger partial charge in [0.15, 0.2) is 0 Å². The van der Waals surface area contributed by atoms with Crippen LogP contribution in [0.1, 0.15) is 60.8 Å². The zero-order valence-electron chi connectivity index (χ0n) is 23.7. The Kier molecular flexibility index (Phi) is 18.7. The first-order valence-electron chi connectivity index (χ1n) is 12.8. The van der Waals surface area contributed by atoms with E-state index in [2.05, 4.69) is 26.0 Å². The molecule has 0 heterocycles. The van der Waals surface area contributed by atoms with Gasteiger partial charge in [-0.15, -0.1) is 0 Å². The Labute approximate surface area is 225 Å². The van der Waals surface area contributed by atoms with Crippen molar-refractivity contribution in [2.75, 3.05) is 59.3 Å². The van der Waals surface area contributed by atoms with Crippen LogP contribution in [0.25, 0.3) is 10.4 Å². The molecule has 38 heavy (non-hydrogen) atoms. The summed E-state index contributed by atoms with van der Waals surface area (Å²) in [5.74, 6) is -0.353. The molecule has 3 amide bonds. The maximum atomic E-state index is 12.7. The Morgan fingerprint density at radius 1 is 0.763 bits per heavy atom. The first-order chi connectivity index (χ1) is 17.8. The fourth-order valence-corrected chi connectivity index (χ4v) is 2.76. The molecule has 0 aliphatic heterocycles. The third-order valence-electron chi connectivity index (χ3n) is 4.28. The van der Waals surface area contributed by atoms with Crippen LogP contribution in [-0.2, 0) is 28.5 Å². The molecule has 0 rings (SSSR count). The summed E-state index contributed by atoms with van der Waals surface area (Å²) in [6, 6.07) is -0.798. The predicted octanol–water partition coefficient (Wildman–Crippen LogP) is 3.05. The van der Waals surface area contributed by atoms with Crippen molar-refractivity contribution in [1.82, 2.24) is 16.0 Å². The summed E-state index contributed by atoms with van der Waals surface area (Å²) < 4.78 is 26.5. The summed E-state index contributed by atoms with van der Waals surface area (Å²) in [7, 11) is 0. The summed E-state index contributed by atoms with van der Waals surface area (Å²) in [6.45, 7) is 13.6. The highest BCUT2D eigenvalue weighted by molar-refractivity contribution is 5.85. The van der Waals surface area contributed by atoms with E-state index >= 15 is 0 Å². The summed E-state index contributed by atoms with van der Waals surface area (Å²) in [5.41, 5.74) is 6.88. The van der Waals surface area contributed by atoms with Crippen molar-refractivity contribution in [3.05, 3.63) is 10.4 Å². The Balaban J connectivity index is 4.27. The summed E-state index contributed by atoms with van der Waals surface area (Å²) in [6.07, 6.45) is 0.355. The molecule has 0 aromatic carbocycles. The molecule has 220 valence electrons. The zero-order chi connectivity index (χ0) is 28.9. The van der Waals surface area contributed by atoms with Gasteiger partial charge in [-0.3, -0.25) is 4.79 Å². The summed E-state index contributed by atoms with van der Waals surface area (Å²) in [5, 5.41) is 11.4. The van der Waals surface area contributed by atoms with Gasteiger partial charge in [-0.2, -0.15) is 0 Å². The van der Waals surface area contributed by atoms with Crippen LogP contribution in [0.3, 0.4) is 0 Å². The smallest absolute Gasteiger partial charge is 0.408 e. The average Bonchev–Trinajstić information content (AvgIpc) is 2.78. The lowest BCUT2D eigenvalue weighted by molar-refractivity contribution is -0.123. The molecule has 0 bridgehead atoms. The van der Waals surface area contributed by atoms with Gasteiger partial charge in [0.1, 0.15) is 17.2 Å². The third kappa shape index (κ3) is 23.6. The molecule has 14 heteroatoms. The number of unbranched alkanes of at least 4 members (excludes halogenated alkanes) is 1. The number of rotatable bonds is 19. The van der Waals surface area contributed by atoms with Crippen LogP contribution in [0.2, 0.25) is 0 Å². The molecule has 14 nitrogen and oxygen atoms in total. The Morgan fingerprint density at radius 3 is 1.89 bits per heavy atom. The number of azide groups is 1. The SMILES string of the molecule is CC(C)(C)OC(=O)NCCCC[C@H](NC(=O)OC(C)(C)C)C(=O)NCCOCCOCCOCCN=[N+]=[N-]. The minimum absolute atomic E-state index is 0.258. The molecule has 0 spiro atoms. The van der Waals surface area contributed by atoms with E-state index in [9.17, 15) is 14.4 Å². The van der Waals surface area contributed by atoms with Crippen LogP contribution in [0.5, 0.6) is 0 Å². The van der Waals surface area contributed by atoms with Gasteiger partial charge in [0.05, 0.1) is 39.6 Å². The predicted molar refractivity (Wildman–Crippen MR) is 141 cm³/mol. The van der Waals surface area contributed by atoms with E-state index in [4.69, 9.17) is 29.2 Å². The second-order valence-electron chi connectivity index (χ2n) is 10.2. The second kappa shape index (κ2) is 20.2. The van der Waals surface area contributed by atoms with Gasteiger partial charge >= 0.3 is 12.2 Å². The van der Waals surface area contributed by atoms with Crippen molar-refractivity contribution < 1.29 is 38.1 Å². The molecule has 0 aromatic rings. The number of hydrogen-bond donors (Lipinski definition) is 3. The van der Waals surface area contributed by atoms with Crippen molar-refractivity contribution in [1.29, 1.82) is 0 Å². The van der Waals surface area contributed by atoms with Gasteiger partial charge in [-0.25, -0.2) is 9.59 Å². The summed E-state index contributed by atoms with van der Waals surface area (Å²) >= 11 is 0. The number of alkyl carbamates (subject to hydrolysis) is 2. The van der Waals surface area contributed by atoms with Gasteiger partial charge < -0.3 is 39.6 Å². The number of hydrogen-bond acceptors (Lipinski definition) is 9. The topological polar surface area (TPSA) is 182 Å². The lowest BCUT2D eigenvalue weighted by Gasteiger charge is -2.23. The molecule has 0 aliphatic carbocycles. The third-order valence-corrected chi connectivity index (χ3v) is 4.28. The highest BCUT2D eigenvalue weighted by Gasteiger charge is 2.24. The van der Waals surface area contributed by atoms with Gasteiger partial charge in [0.25, 0.3) is 0 Å². The van der Waals surface area contributed by atoms with Crippen molar-refractivity contribution in [2.45, 2.75) is 78.0 Å². The molecule has 1 atom stereocenters. The standard InChI is InChI=1S/C24H46N6O8/c1-23(2,3)37-21(32)27-10-8-7-9-19(29-22(33)38-24(4,5)6)20(31)26-11-13-34-15-17-36-18-16-35-14-12-28-30-25/h19H,7-18H2,1-6H3,(H,26,31)(H,27,32)(H,29,33)/t19-/m0/s1. The maximum Gasteiger partial charge on any atom is 0.408 e. The number of nitrogens with zero attached hydrogens (tertiary/aromatic N) is 3. The van der Waals surface area contributed by atoms with Crippen LogP contribution >= 0.6 is 0 Å². The fraction of sp³-hybridized carbons (Fsp3) is 0.875. The first kappa shape index (κ1) is 35.2. The molecule has 0 saturated heterocycles. The quantitative estimate of drug-likeness (QED) is 0.0955. The van der Waals surface area contributed by atoms with E-state index in [1.165, 1.54) is 0 Å². The average molecular weight is 547 g/mol. The minimum Gasteiger partial charge on any atom is -0.444 e. The molecular weight excluding hydrogens is 500 g/mol. The van der Waals surface area contributed by atoms with Gasteiger partial charge in [0, 0.05) is 24.5 Å². The fourth-order valence-electron chi connectivity index (χ4n) is 2.76. The highest BCUT2D eigenvalue weighted by Crippen LogP contribution is 2.09. The van der Waals surface area contributed by atoms with Crippen LogP contribution < -0.4 is 16.0 Å². The van der Waals surface area contributed by atoms with Crippen LogP contribution in [0.15, 0.2) is 5.11 Å². The largest absolute Gasteiger partial charge is 0.444 e. The number of nitrogens with one attached hydrogen (secondary N) is 3. The molecule has 3 N–H and O–H groups in total. The van der Waals surface area contributed by atoms with Crippen molar-refractivity contribution in [3.8, 4) is 0 Å². The lowest BCUT2D eigenvalue weighted by atomic mass is 10.1. The Hall–Kier alpha value is -2.80. The van der Waals surface area contributed by atoms with Gasteiger partial charge in [-0.1, -0.05) is 5.11 Å². The normalized spacial score (nSPS) is 12.2. The molecule has 0 radical (unpaired) electrons. The maximum absolute atomic E-state index is 12.7. The molecule has 0 fully saturated rings. The highest BCUT2D eigenvalue weighted by atomic mass is 16.6. The minimum atomic E-state index is -0.798. The van der Waals surface area contributed by atoms with E-state index in [-0.39, 0.29) is 25.6 Å². The van der Waals surface area contributed by atoms with E-state index in [1.54, 1.807) is 41.5 Å². The van der Waals surface area contributed by atoms with Crippen molar-refractivity contribution in [3.63, 3.8) is 0 Å². The monoisotopic (exact) mass is 546 g/mol. The number of ether oxygens (including phenoxy) is 5. The van der Waals surface area contributed by atoms with Crippen molar-refractivity contribution in [2.24, 2.45) is 5.11 Å². The van der Waals surface area contributed by atoms with Gasteiger partial charge in [-0.05, 0) is 66.3 Å². The molecule has 0 aromatic heterocycles. The number of carbonyl (C=O) groups excluding carboxylic acids is 3. The molecular formula is C24H46N6O8. The van der Waals surface area contributed by atoms with Gasteiger partial charge in [0.2, 0.25) is 5.91 Å². The summed E-state index contributed by atoms with van der Waals surface area (Å²) in [4.78, 5) is 39.3. The van der Waals surface area contributed by atoms with E-state index in [1.807, 2.05) is 0 Å². The Morgan fingerprint density at radius 2 is 1.32 bits per heavy atom. The van der Waals surface area contributed by atoms with E-state index in [0.717, 1.165) is 0 Å². The molecule has 0 aliphatic rings. The Bertz CT molecular complexity index is 732. The zero-order valence-corrected chi connectivity index (χ0v) is 23.7. The van der Waals surface area contributed by atoms with Crippen LogP contribution in [0.4, 0.5) is 9.59 Å². The molecule has 0 unspecified atom stereocenters. The first-order valence-corrected chi connectivity index (χ1v) is 12.8. The second-order valence-corrected chi connectivity index (χ2v) is 10.2. The van der Waals surface area contributed by atoms with E-state index < -0.39 is 29.4 Å². The number of amides is 3. The van der Waals surface area contributed by atoms with E-state index in [0.29, 0.717) is 58.8 Å².